The Morgan fingerprint density at radius 1 is 1.53 bits per heavy atom. The molecule has 0 bridgehead atoms. The van der Waals surface area contributed by atoms with Gasteiger partial charge in [-0.2, -0.15) is 0 Å². The Morgan fingerprint density at radius 3 is 2.84 bits per heavy atom. The minimum atomic E-state index is 0.162. The van der Waals surface area contributed by atoms with Crippen LogP contribution >= 0.6 is 0 Å². The molecule has 0 saturated carbocycles. The quantitative estimate of drug-likeness (QED) is 0.873. The van der Waals surface area contributed by atoms with Crippen molar-refractivity contribution in [2.24, 2.45) is 5.92 Å². The summed E-state index contributed by atoms with van der Waals surface area (Å²) in [5, 5.41) is 7.25. The highest BCUT2D eigenvalue weighted by atomic mass is 16.5. The minimum absolute atomic E-state index is 0.162. The van der Waals surface area contributed by atoms with Crippen molar-refractivity contribution in [3.05, 3.63) is 17.5 Å². The third-order valence-electron chi connectivity index (χ3n) is 3.66. The third-order valence-corrected chi connectivity index (χ3v) is 3.66. The van der Waals surface area contributed by atoms with Gasteiger partial charge < -0.3 is 14.7 Å². The highest BCUT2D eigenvalue weighted by Crippen LogP contribution is 2.17. The molecule has 5 heteroatoms. The second-order valence-electron chi connectivity index (χ2n) is 5.24. The highest BCUT2D eigenvalue weighted by Gasteiger charge is 2.23. The zero-order valence-electron chi connectivity index (χ0n) is 11.8. The van der Waals surface area contributed by atoms with E-state index in [9.17, 15) is 4.79 Å². The van der Waals surface area contributed by atoms with Crippen molar-refractivity contribution in [3.8, 4) is 0 Å². The average Bonchev–Trinajstić information content (AvgIpc) is 2.82. The fraction of sp³-hybridized carbons (Fsp3) is 0.714. The number of carbonyl (C=O) groups excluding carboxylic acids is 1. The second kappa shape index (κ2) is 6.70. The molecular weight excluding hydrogens is 242 g/mol. The number of hydrogen-bond donors (Lipinski definition) is 1. The van der Waals surface area contributed by atoms with Gasteiger partial charge in [0.1, 0.15) is 5.76 Å². The molecule has 2 rings (SSSR count). The van der Waals surface area contributed by atoms with Crippen LogP contribution < -0.4 is 5.32 Å². The number of amides is 1. The van der Waals surface area contributed by atoms with E-state index in [1.54, 1.807) is 0 Å². The molecule has 0 atom stereocenters. The van der Waals surface area contributed by atoms with Gasteiger partial charge in [0.2, 0.25) is 5.91 Å². The van der Waals surface area contributed by atoms with Gasteiger partial charge in [-0.05, 0) is 38.8 Å². The lowest BCUT2D eigenvalue weighted by atomic mass is 9.96. The zero-order chi connectivity index (χ0) is 13.7. The van der Waals surface area contributed by atoms with E-state index in [1.165, 1.54) is 0 Å². The monoisotopic (exact) mass is 265 g/mol. The van der Waals surface area contributed by atoms with Crippen molar-refractivity contribution in [2.45, 2.75) is 33.1 Å². The van der Waals surface area contributed by atoms with Crippen molar-refractivity contribution in [1.82, 2.24) is 15.4 Å². The van der Waals surface area contributed by atoms with Crippen molar-refractivity contribution in [3.63, 3.8) is 0 Å². The van der Waals surface area contributed by atoms with E-state index in [-0.39, 0.29) is 5.91 Å². The van der Waals surface area contributed by atoms with Crippen LogP contribution in [0.5, 0.6) is 0 Å². The molecule has 1 fully saturated rings. The summed E-state index contributed by atoms with van der Waals surface area (Å²) in [6.07, 6.45) is 2.54. The van der Waals surface area contributed by atoms with Gasteiger partial charge in [0, 0.05) is 19.2 Å². The fourth-order valence-electron chi connectivity index (χ4n) is 2.50. The molecule has 0 radical (unpaired) electrons. The number of carbonyl (C=O) groups is 1. The Balaban J connectivity index is 1.76. The van der Waals surface area contributed by atoms with Crippen LogP contribution in [-0.2, 0) is 11.2 Å². The maximum Gasteiger partial charge on any atom is 0.228 e. The van der Waals surface area contributed by atoms with Crippen LogP contribution in [-0.4, -0.2) is 42.1 Å². The first-order valence-electron chi connectivity index (χ1n) is 7.09. The van der Waals surface area contributed by atoms with Gasteiger partial charge in [-0.3, -0.25) is 4.79 Å². The molecule has 1 aromatic rings. The van der Waals surface area contributed by atoms with Crippen molar-refractivity contribution >= 4 is 5.91 Å². The maximum absolute atomic E-state index is 12.1. The molecule has 1 aliphatic heterocycles. The van der Waals surface area contributed by atoms with E-state index >= 15 is 0 Å². The van der Waals surface area contributed by atoms with E-state index in [4.69, 9.17) is 4.52 Å². The number of aryl methyl sites for hydroxylation is 1. The van der Waals surface area contributed by atoms with Crippen molar-refractivity contribution in [1.29, 1.82) is 0 Å². The molecule has 0 spiro atoms. The number of rotatable bonds is 5. The molecule has 1 N–H and O–H groups in total. The lowest BCUT2D eigenvalue weighted by molar-refractivity contribution is -0.131. The first-order valence-corrected chi connectivity index (χ1v) is 7.09. The van der Waals surface area contributed by atoms with Gasteiger partial charge in [-0.1, -0.05) is 12.1 Å². The molecule has 1 aliphatic rings. The topological polar surface area (TPSA) is 58.4 Å². The molecule has 2 heterocycles. The third kappa shape index (κ3) is 4.06. The van der Waals surface area contributed by atoms with Crippen LogP contribution in [0.4, 0.5) is 0 Å². The van der Waals surface area contributed by atoms with Crippen LogP contribution in [0, 0.1) is 12.8 Å². The van der Waals surface area contributed by atoms with E-state index < -0.39 is 0 Å². The Kier molecular flexibility index (Phi) is 4.96. The Morgan fingerprint density at radius 2 is 2.26 bits per heavy atom. The van der Waals surface area contributed by atoms with Gasteiger partial charge in [0.15, 0.2) is 0 Å². The van der Waals surface area contributed by atoms with Gasteiger partial charge >= 0.3 is 0 Å². The fourth-order valence-corrected chi connectivity index (χ4v) is 2.50. The lowest BCUT2D eigenvalue weighted by Gasteiger charge is -2.32. The number of aromatic nitrogens is 1. The summed E-state index contributed by atoms with van der Waals surface area (Å²) < 4.78 is 4.99. The molecule has 1 amide bonds. The van der Waals surface area contributed by atoms with Gasteiger partial charge in [0.25, 0.3) is 0 Å². The van der Waals surface area contributed by atoms with Gasteiger partial charge in [0.05, 0.1) is 12.1 Å². The second-order valence-corrected chi connectivity index (χ2v) is 5.24. The molecule has 19 heavy (non-hydrogen) atoms. The molecule has 0 unspecified atom stereocenters. The Hall–Kier alpha value is -1.36. The molecule has 1 aromatic heterocycles. The molecule has 5 nitrogen and oxygen atoms in total. The number of piperidine rings is 1. The normalized spacial score (nSPS) is 16.8. The smallest absolute Gasteiger partial charge is 0.228 e. The summed E-state index contributed by atoms with van der Waals surface area (Å²) in [5.74, 6) is 1.63. The molecular formula is C14H23N3O2. The summed E-state index contributed by atoms with van der Waals surface area (Å²) in [4.78, 5) is 14.1. The number of nitrogens with zero attached hydrogens (tertiary/aromatic N) is 2. The summed E-state index contributed by atoms with van der Waals surface area (Å²) in [7, 11) is 0. The predicted molar refractivity (Wildman–Crippen MR) is 72.8 cm³/mol. The SMILES string of the molecule is CCNCC1CCN(C(=O)Cc2cc(C)on2)CC1. The van der Waals surface area contributed by atoms with Crippen LogP contribution in [0.3, 0.4) is 0 Å². The molecule has 106 valence electrons. The number of likely N-dealkylation sites (tertiary alicyclic amines) is 1. The van der Waals surface area contributed by atoms with E-state index in [2.05, 4.69) is 17.4 Å². The first kappa shape index (κ1) is 14.1. The highest BCUT2D eigenvalue weighted by molar-refractivity contribution is 5.78. The minimum Gasteiger partial charge on any atom is -0.361 e. The average molecular weight is 265 g/mol. The molecule has 1 saturated heterocycles. The van der Waals surface area contributed by atoms with E-state index in [0.29, 0.717) is 12.3 Å². The summed E-state index contributed by atoms with van der Waals surface area (Å²) in [6.45, 7) is 7.79. The Labute approximate surface area is 114 Å². The summed E-state index contributed by atoms with van der Waals surface area (Å²) in [5.41, 5.74) is 0.734. The van der Waals surface area contributed by atoms with Crippen molar-refractivity contribution in [2.75, 3.05) is 26.2 Å². The van der Waals surface area contributed by atoms with Crippen LogP contribution in [0.25, 0.3) is 0 Å². The van der Waals surface area contributed by atoms with Crippen LogP contribution in [0.2, 0.25) is 0 Å². The lowest BCUT2D eigenvalue weighted by Crippen LogP contribution is -2.41. The number of nitrogens with one attached hydrogen (secondary N) is 1. The Bertz CT molecular complexity index is 409. The predicted octanol–water partition coefficient (Wildman–Crippen LogP) is 1.37. The maximum atomic E-state index is 12.1. The van der Waals surface area contributed by atoms with Gasteiger partial charge in [-0.15, -0.1) is 0 Å². The standard InChI is InChI=1S/C14H23N3O2/c1-3-15-10-12-4-6-17(7-5-12)14(18)9-13-8-11(2)19-16-13/h8,12,15H,3-7,9-10H2,1-2H3. The van der Waals surface area contributed by atoms with Crippen molar-refractivity contribution < 1.29 is 9.32 Å². The zero-order valence-corrected chi connectivity index (χ0v) is 11.8. The molecule has 0 aliphatic carbocycles. The van der Waals surface area contributed by atoms with Crippen LogP contribution in [0.15, 0.2) is 10.6 Å². The number of hydrogen-bond acceptors (Lipinski definition) is 4. The van der Waals surface area contributed by atoms with Gasteiger partial charge in [-0.25, -0.2) is 0 Å². The summed E-state index contributed by atoms with van der Waals surface area (Å²) >= 11 is 0. The summed E-state index contributed by atoms with van der Waals surface area (Å²) in [6, 6.07) is 1.83. The van der Waals surface area contributed by atoms with E-state index in [1.807, 2.05) is 17.9 Å². The van der Waals surface area contributed by atoms with E-state index in [0.717, 1.165) is 50.5 Å². The van der Waals surface area contributed by atoms with Crippen LogP contribution in [0.1, 0.15) is 31.2 Å². The first-order chi connectivity index (χ1) is 9.19. The molecule has 0 aromatic carbocycles. The largest absolute Gasteiger partial charge is 0.361 e.